The summed E-state index contributed by atoms with van der Waals surface area (Å²) in [6.07, 6.45) is 13.6. The SMILES string of the molecule is CCCC(=O)OC1CCC2C3CCC4=CC(=O)CCC4C3CCC12CC. The summed E-state index contributed by atoms with van der Waals surface area (Å²) in [5, 5.41) is 0. The Hall–Kier alpha value is -1.12. The second-order valence-corrected chi connectivity index (χ2v) is 9.23. The summed E-state index contributed by atoms with van der Waals surface area (Å²) in [5.41, 5.74) is 1.67. The number of esters is 1. The highest BCUT2D eigenvalue weighted by atomic mass is 16.5. The van der Waals surface area contributed by atoms with E-state index in [0.717, 1.165) is 50.4 Å². The molecule has 4 aliphatic rings. The number of ketones is 1. The molecule has 144 valence electrons. The number of rotatable bonds is 4. The van der Waals surface area contributed by atoms with Crippen LogP contribution in [0, 0.1) is 29.1 Å². The second-order valence-electron chi connectivity index (χ2n) is 9.23. The first-order chi connectivity index (χ1) is 12.6. The standard InChI is InChI=1S/C23H34O3/c1-3-5-22(25)26-21-11-10-20-19-8-6-15-14-16(24)7-9-17(15)18(19)12-13-23(20,21)4-2/h14,17-21H,3-13H2,1-2H3. The van der Waals surface area contributed by atoms with Gasteiger partial charge in [-0.2, -0.15) is 0 Å². The van der Waals surface area contributed by atoms with Gasteiger partial charge in [0.1, 0.15) is 6.10 Å². The lowest BCUT2D eigenvalue weighted by molar-refractivity contribution is -0.160. The minimum atomic E-state index is 0.00718. The van der Waals surface area contributed by atoms with E-state index in [9.17, 15) is 9.59 Å². The third-order valence-electron chi connectivity index (χ3n) is 8.32. The fraction of sp³-hybridized carbons (Fsp3) is 0.826. The van der Waals surface area contributed by atoms with Gasteiger partial charge in [-0.3, -0.25) is 9.59 Å². The van der Waals surface area contributed by atoms with Gasteiger partial charge in [0, 0.05) is 18.3 Å². The van der Waals surface area contributed by atoms with Crippen LogP contribution in [0.5, 0.6) is 0 Å². The van der Waals surface area contributed by atoms with Gasteiger partial charge < -0.3 is 4.74 Å². The number of carbonyl (C=O) groups is 2. The van der Waals surface area contributed by atoms with Gasteiger partial charge in [0.25, 0.3) is 0 Å². The molecule has 0 saturated heterocycles. The maximum absolute atomic E-state index is 12.2. The Balaban J connectivity index is 1.54. The Bertz CT molecular complexity index is 607. The van der Waals surface area contributed by atoms with Crippen LogP contribution in [0.2, 0.25) is 0 Å². The van der Waals surface area contributed by atoms with Gasteiger partial charge in [-0.25, -0.2) is 0 Å². The van der Waals surface area contributed by atoms with Crippen molar-refractivity contribution in [2.45, 2.75) is 90.6 Å². The van der Waals surface area contributed by atoms with Crippen molar-refractivity contribution in [1.29, 1.82) is 0 Å². The number of carbonyl (C=O) groups excluding carboxylic acids is 2. The van der Waals surface area contributed by atoms with Gasteiger partial charge in [0.2, 0.25) is 0 Å². The Morgan fingerprint density at radius 3 is 2.73 bits per heavy atom. The van der Waals surface area contributed by atoms with Crippen LogP contribution >= 0.6 is 0 Å². The van der Waals surface area contributed by atoms with Crippen LogP contribution < -0.4 is 0 Å². The molecule has 0 aromatic heterocycles. The molecule has 26 heavy (non-hydrogen) atoms. The maximum atomic E-state index is 12.2. The van der Waals surface area contributed by atoms with Crippen molar-refractivity contribution in [2.24, 2.45) is 29.1 Å². The number of allylic oxidation sites excluding steroid dienone is 1. The molecule has 4 aliphatic carbocycles. The summed E-state index contributed by atoms with van der Waals surface area (Å²) < 4.78 is 6.02. The van der Waals surface area contributed by atoms with E-state index in [4.69, 9.17) is 4.74 Å². The minimum Gasteiger partial charge on any atom is -0.462 e. The predicted molar refractivity (Wildman–Crippen MR) is 101 cm³/mol. The van der Waals surface area contributed by atoms with Crippen molar-refractivity contribution in [3.8, 4) is 0 Å². The van der Waals surface area contributed by atoms with Crippen LogP contribution in [-0.2, 0) is 14.3 Å². The third kappa shape index (κ3) is 2.86. The quantitative estimate of drug-likeness (QED) is 0.646. The first-order valence-electron chi connectivity index (χ1n) is 11.0. The predicted octanol–water partition coefficient (Wildman–Crippen LogP) is 5.23. The monoisotopic (exact) mass is 358 g/mol. The van der Waals surface area contributed by atoms with Gasteiger partial charge in [-0.1, -0.05) is 19.4 Å². The maximum Gasteiger partial charge on any atom is 0.306 e. The van der Waals surface area contributed by atoms with E-state index in [-0.39, 0.29) is 17.5 Å². The zero-order valence-corrected chi connectivity index (χ0v) is 16.5. The molecular formula is C23H34O3. The van der Waals surface area contributed by atoms with Gasteiger partial charge in [0.15, 0.2) is 5.78 Å². The molecule has 4 rings (SSSR count). The van der Waals surface area contributed by atoms with E-state index in [1.807, 2.05) is 13.0 Å². The molecule has 3 heteroatoms. The molecule has 0 aromatic carbocycles. The van der Waals surface area contributed by atoms with Crippen LogP contribution in [0.4, 0.5) is 0 Å². The highest BCUT2D eigenvalue weighted by Gasteiger charge is 2.58. The van der Waals surface area contributed by atoms with Gasteiger partial charge in [-0.15, -0.1) is 0 Å². The van der Waals surface area contributed by atoms with Crippen molar-refractivity contribution in [3.63, 3.8) is 0 Å². The fourth-order valence-corrected chi connectivity index (χ4v) is 7.21. The van der Waals surface area contributed by atoms with Crippen LogP contribution in [-0.4, -0.2) is 17.9 Å². The van der Waals surface area contributed by atoms with E-state index in [1.54, 1.807) is 0 Å². The summed E-state index contributed by atoms with van der Waals surface area (Å²) in [4.78, 5) is 24.0. The summed E-state index contributed by atoms with van der Waals surface area (Å²) in [7, 11) is 0. The lowest BCUT2D eigenvalue weighted by atomic mass is 9.51. The van der Waals surface area contributed by atoms with E-state index >= 15 is 0 Å². The van der Waals surface area contributed by atoms with Crippen LogP contribution in [0.1, 0.15) is 84.5 Å². The average molecular weight is 359 g/mol. The zero-order chi connectivity index (χ0) is 18.3. The zero-order valence-electron chi connectivity index (χ0n) is 16.5. The molecule has 0 heterocycles. The highest BCUT2D eigenvalue weighted by Crippen LogP contribution is 2.63. The molecule has 3 nitrogen and oxygen atoms in total. The molecule has 6 unspecified atom stereocenters. The molecule has 0 bridgehead atoms. The fourth-order valence-electron chi connectivity index (χ4n) is 7.21. The molecule has 0 aromatic rings. The molecule has 0 amide bonds. The normalized spacial score (nSPS) is 41.7. The van der Waals surface area contributed by atoms with Gasteiger partial charge in [0.05, 0.1) is 0 Å². The largest absolute Gasteiger partial charge is 0.462 e. The Morgan fingerprint density at radius 2 is 1.96 bits per heavy atom. The van der Waals surface area contributed by atoms with E-state index < -0.39 is 0 Å². The first-order valence-corrected chi connectivity index (χ1v) is 11.0. The summed E-state index contributed by atoms with van der Waals surface area (Å²) >= 11 is 0. The molecular weight excluding hydrogens is 324 g/mol. The molecule has 0 N–H and O–H groups in total. The summed E-state index contributed by atoms with van der Waals surface area (Å²) in [6.45, 7) is 4.36. The number of fused-ring (bicyclic) bond motifs is 5. The van der Waals surface area contributed by atoms with Crippen molar-refractivity contribution in [3.05, 3.63) is 11.6 Å². The van der Waals surface area contributed by atoms with Gasteiger partial charge >= 0.3 is 5.97 Å². The van der Waals surface area contributed by atoms with Crippen LogP contribution in [0.15, 0.2) is 11.6 Å². The lowest BCUT2D eigenvalue weighted by Gasteiger charge is -2.54. The molecule has 0 aliphatic heterocycles. The van der Waals surface area contributed by atoms with Crippen molar-refractivity contribution in [1.82, 2.24) is 0 Å². The van der Waals surface area contributed by atoms with E-state index in [0.29, 0.717) is 24.0 Å². The molecule has 3 saturated carbocycles. The van der Waals surface area contributed by atoms with Crippen molar-refractivity contribution in [2.75, 3.05) is 0 Å². The summed E-state index contributed by atoms with van der Waals surface area (Å²) in [5.74, 6) is 3.25. The smallest absolute Gasteiger partial charge is 0.306 e. The Morgan fingerprint density at radius 1 is 1.12 bits per heavy atom. The topological polar surface area (TPSA) is 43.4 Å². The third-order valence-corrected chi connectivity index (χ3v) is 8.32. The first kappa shape index (κ1) is 18.3. The van der Waals surface area contributed by atoms with E-state index in [1.165, 1.54) is 31.3 Å². The number of hydrogen-bond donors (Lipinski definition) is 0. The average Bonchev–Trinajstić information content (AvgIpc) is 3.00. The van der Waals surface area contributed by atoms with Crippen molar-refractivity contribution >= 4 is 11.8 Å². The number of hydrogen-bond acceptors (Lipinski definition) is 3. The number of ether oxygens (including phenoxy) is 1. The molecule has 6 atom stereocenters. The molecule has 0 radical (unpaired) electrons. The summed E-state index contributed by atoms with van der Waals surface area (Å²) in [6, 6.07) is 0. The lowest BCUT2D eigenvalue weighted by Crippen LogP contribution is -2.49. The Labute approximate surface area is 157 Å². The minimum absolute atomic E-state index is 0.00718. The Kier molecular flexibility index (Phi) is 5.00. The highest BCUT2D eigenvalue weighted by molar-refractivity contribution is 5.91. The molecule has 0 spiro atoms. The van der Waals surface area contributed by atoms with Crippen molar-refractivity contribution < 1.29 is 14.3 Å². The van der Waals surface area contributed by atoms with Crippen LogP contribution in [0.25, 0.3) is 0 Å². The molecule has 3 fully saturated rings. The van der Waals surface area contributed by atoms with E-state index in [2.05, 4.69) is 6.92 Å². The second kappa shape index (κ2) is 7.13. The van der Waals surface area contributed by atoms with Crippen LogP contribution in [0.3, 0.4) is 0 Å². The van der Waals surface area contributed by atoms with Gasteiger partial charge in [-0.05, 0) is 87.5 Å².